The highest BCUT2D eigenvalue weighted by molar-refractivity contribution is 5.94. The quantitative estimate of drug-likeness (QED) is 0.537. The van der Waals surface area contributed by atoms with Crippen LogP contribution in [0.4, 0.5) is 17.1 Å². The molecule has 0 fully saturated rings. The average molecular weight is 285 g/mol. The maximum absolute atomic E-state index is 10.5. The van der Waals surface area contributed by atoms with Crippen LogP contribution >= 0.6 is 0 Å². The second-order valence-corrected chi connectivity index (χ2v) is 4.77. The van der Waals surface area contributed by atoms with Crippen molar-refractivity contribution in [1.82, 2.24) is 14.8 Å². The third-order valence-electron chi connectivity index (χ3n) is 3.18. The summed E-state index contributed by atoms with van der Waals surface area (Å²) in [5.41, 5.74) is 9.27. The number of rotatable bonds is 5. The molecule has 108 valence electrons. The van der Waals surface area contributed by atoms with Crippen LogP contribution in [0.2, 0.25) is 0 Å². The fourth-order valence-corrected chi connectivity index (χ4v) is 2.20. The van der Waals surface area contributed by atoms with Gasteiger partial charge in [-0.15, -0.1) is 0 Å². The first-order valence-corrected chi connectivity index (χ1v) is 6.50. The number of hydrogen-bond acceptors (Lipinski definition) is 4. The SMILES string of the molecule is Nc1cc(Nc2cnn(CCC(=O)O)c2)cc2[nH]ccc12. The molecule has 21 heavy (non-hydrogen) atoms. The Kier molecular flexibility index (Phi) is 3.23. The number of H-pyrrole nitrogens is 1. The summed E-state index contributed by atoms with van der Waals surface area (Å²) in [5, 5.41) is 17.0. The number of aryl methyl sites for hydroxylation is 1. The van der Waals surface area contributed by atoms with Gasteiger partial charge in [-0.05, 0) is 18.2 Å². The number of carboxylic acids is 1. The molecule has 0 radical (unpaired) electrons. The van der Waals surface area contributed by atoms with E-state index in [2.05, 4.69) is 15.4 Å². The summed E-state index contributed by atoms with van der Waals surface area (Å²) in [4.78, 5) is 13.7. The molecule has 3 aromatic rings. The third-order valence-corrected chi connectivity index (χ3v) is 3.18. The fourth-order valence-electron chi connectivity index (χ4n) is 2.20. The van der Waals surface area contributed by atoms with Gasteiger partial charge in [0.25, 0.3) is 0 Å². The van der Waals surface area contributed by atoms with E-state index in [9.17, 15) is 4.79 Å². The van der Waals surface area contributed by atoms with Crippen LogP contribution in [0.25, 0.3) is 10.9 Å². The van der Waals surface area contributed by atoms with Crippen LogP contribution in [-0.4, -0.2) is 25.8 Å². The van der Waals surface area contributed by atoms with Crippen molar-refractivity contribution in [3.05, 3.63) is 36.8 Å². The highest BCUT2D eigenvalue weighted by Gasteiger charge is 2.05. The minimum Gasteiger partial charge on any atom is -0.481 e. The van der Waals surface area contributed by atoms with Crippen LogP contribution in [0.15, 0.2) is 36.8 Å². The molecule has 5 N–H and O–H groups in total. The van der Waals surface area contributed by atoms with Gasteiger partial charge in [0.1, 0.15) is 0 Å². The number of benzene rings is 1. The van der Waals surface area contributed by atoms with Gasteiger partial charge < -0.3 is 21.1 Å². The highest BCUT2D eigenvalue weighted by atomic mass is 16.4. The van der Waals surface area contributed by atoms with E-state index in [4.69, 9.17) is 10.8 Å². The van der Waals surface area contributed by atoms with Crippen molar-refractivity contribution in [1.29, 1.82) is 0 Å². The topological polar surface area (TPSA) is 109 Å². The predicted molar refractivity (Wildman–Crippen MR) is 80.5 cm³/mol. The number of nitrogens with two attached hydrogens (primary N) is 1. The van der Waals surface area contributed by atoms with Gasteiger partial charge in [0.15, 0.2) is 0 Å². The molecule has 0 unspecified atom stereocenters. The minimum absolute atomic E-state index is 0.0441. The van der Waals surface area contributed by atoms with Crippen molar-refractivity contribution >= 4 is 33.9 Å². The Morgan fingerprint density at radius 1 is 1.43 bits per heavy atom. The average Bonchev–Trinajstić information content (AvgIpc) is 3.05. The normalized spacial score (nSPS) is 10.9. The molecule has 0 aliphatic carbocycles. The first-order valence-electron chi connectivity index (χ1n) is 6.50. The van der Waals surface area contributed by atoms with E-state index in [1.165, 1.54) is 0 Å². The number of nitrogens with zero attached hydrogens (tertiary/aromatic N) is 2. The molecular weight excluding hydrogens is 270 g/mol. The molecule has 0 atom stereocenters. The Labute approximate surface area is 120 Å². The molecule has 0 saturated heterocycles. The largest absolute Gasteiger partial charge is 0.481 e. The molecule has 1 aromatic carbocycles. The van der Waals surface area contributed by atoms with Crippen LogP contribution in [0, 0.1) is 0 Å². The first kappa shape index (κ1) is 13.0. The van der Waals surface area contributed by atoms with Gasteiger partial charge in [-0.3, -0.25) is 9.48 Å². The molecule has 0 spiro atoms. The van der Waals surface area contributed by atoms with E-state index in [0.717, 1.165) is 22.3 Å². The van der Waals surface area contributed by atoms with E-state index in [-0.39, 0.29) is 6.42 Å². The van der Waals surface area contributed by atoms with E-state index < -0.39 is 5.97 Å². The Morgan fingerprint density at radius 2 is 2.29 bits per heavy atom. The maximum Gasteiger partial charge on any atom is 0.305 e. The number of aromatic amines is 1. The smallest absolute Gasteiger partial charge is 0.305 e. The first-order chi connectivity index (χ1) is 10.1. The van der Waals surface area contributed by atoms with E-state index in [0.29, 0.717) is 12.2 Å². The number of carbonyl (C=O) groups is 1. The molecular formula is C14H15N5O2. The predicted octanol–water partition coefficient (Wildman–Crippen LogP) is 2.16. The number of fused-ring (bicyclic) bond motifs is 1. The molecule has 0 aliphatic heterocycles. The van der Waals surface area contributed by atoms with Crippen molar-refractivity contribution in [2.45, 2.75) is 13.0 Å². The number of carboxylic acid groups (broad SMARTS) is 1. The molecule has 2 heterocycles. The standard InChI is InChI=1S/C14H15N5O2/c15-12-5-9(6-13-11(12)1-3-16-13)18-10-7-17-19(8-10)4-2-14(20)21/h1,3,5-8,16,18H,2,4,15H2,(H,20,21). The van der Waals surface area contributed by atoms with E-state index in [1.54, 1.807) is 17.1 Å². The summed E-state index contributed by atoms with van der Waals surface area (Å²) < 4.78 is 1.59. The van der Waals surface area contributed by atoms with Gasteiger partial charge in [-0.25, -0.2) is 0 Å². The van der Waals surface area contributed by atoms with Gasteiger partial charge in [-0.2, -0.15) is 5.10 Å². The molecule has 3 rings (SSSR count). The van der Waals surface area contributed by atoms with Crippen LogP contribution in [0.1, 0.15) is 6.42 Å². The summed E-state index contributed by atoms with van der Waals surface area (Å²) in [6, 6.07) is 5.74. The number of nitrogen functional groups attached to an aromatic ring is 1. The summed E-state index contributed by atoms with van der Waals surface area (Å²) in [6.45, 7) is 0.342. The Hall–Kier alpha value is -2.96. The summed E-state index contributed by atoms with van der Waals surface area (Å²) in [6.07, 6.45) is 5.30. The zero-order chi connectivity index (χ0) is 14.8. The van der Waals surface area contributed by atoms with Gasteiger partial charge in [-0.1, -0.05) is 0 Å². The molecule has 7 nitrogen and oxygen atoms in total. The minimum atomic E-state index is -0.843. The Bertz CT molecular complexity index is 790. The Balaban J connectivity index is 1.77. The monoisotopic (exact) mass is 285 g/mol. The number of hydrogen-bond donors (Lipinski definition) is 4. The lowest BCUT2D eigenvalue weighted by atomic mass is 10.2. The zero-order valence-electron chi connectivity index (χ0n) is 11.2. The third kappa shape index (κ3) is 2.81. The van der Waals surface area contributed by atoms with Crippen molar-refractivity contribution in [3.63, 3.8) is 0 Å². The lowest BCUT2D eigenvalue weighted by molar-refractivity contribution is -0.137. The molecule has 2 aromatic heterocycles. The highest BCUT2D eigenvalue weighted by Crippen LogP contribution is 2.26. The van der Waals surface area contributed by atoms with Gasteiger partial charge in [0.05, 0.1) is 24.8 Å². The fraction of sp³-hybridized carbons (Fsp3) is 0.143. The van der Waals surface area contributed by atoms with Gasteiger partial charge in [0.2, 0.25) is 0 Å². The number of anilines is 3. The van der Waals surface area contributed by atoms with Crippen LogP contribution < -0.4 is 11.1 Å². The van der Waals surface area contributed by atoms with Crippen molar-refractivity contribution in [3.8, 4) is 0 Å². The Morgan fingerprint density at radius 3 is 3.10 bits per heavy atom. The zero-order valence-corrected chi connectivity index (χ0v) is 11.2. The number of aromatic nitrogens is 3. The van der Waals surface area contributed by atoms with Crippen LogP contribution in [0.3, 0.4) is 0 Å². The number of nitrogens with one attached hydrogen (secondary N) is 2. The lowest BCUT2D eigenvalue weighted by Crippen LogP contribution is -2.04. The molecule has 0 bridgehead atoms. The summed E-state index contributed by atoms with van der Waals surface area (Å²) >= 11 is 0. The molecule has 0 amide bonds. The van der Waals surface area contributed by atoms with Crippen molar-refractivity contribution < 1.29 is 9.90 Å². The summed E-state index contributed by atoms with van der Waals surface area (Å²) in [7, 11) is 0. The van der Waals surface area contributed by atoms with E-state index >= 15 is 0 Å². The van der Waals surface area contributed by atoms with Crippen molar-refractivity contribution in [2.75, 3.05) is 11.1 Å². The lowest BCUT2D eigenvalue weighted by Gasteiger charge is -2.06. The molecule has 7 heteroatoms. The van der Waals surface area contributed by atoms with Gasteiger partial charge in [0, 0.05) is 34.7 Å². The second-order valence-electron chi connectivity index (χ2n) is 4.77. The van der Waals surface area contributed by atoms with Crippen LogP contribution in [-0.2, 0) is 11.3 Å². The summed E-state index contributed by atoms with van der Waals surface area (Å²) in [5.74, 6) is -0.843. The van der Waals surface area contributed by atoms with E-state index in [1.807, 2.05) is 24.4 Å². The van der Waals surface area contributed by atoms with Crippen molar-refractivity contribution in [2.24, 2.45) is 0 Å². The number of aliphatic carboxylic acids is 1. The van der Waals surface area contributed by atoms with Crippen LogP contribution in [0.5, 0.6) is 0 Å². The maximum atomic E-state index is 10.5. The molecule has 0 aliphatic rings. The van der Waals surface area contributed by atoms with Gasteiger partial charge >= 0.3 is 5.97 Å². The molecule has 0 saturated carbocycles. The second kappa shape index (κ2) is 5.20.